The van der Waals surface area contributed by atoms with Crippen LogP contribution in [0.5, 0.6) is 0 Å². The second-order valence-corrected chi connectivity index (χ2v) is 3.39. The van der Waals surface area contributed by atoms with Crippen molar-refractivity contribution in [3.8, 4) is 0 Å². The zero-order valence-electron chi connectivity index (χ0n) is 6.68. The van der Waals surface area contributed by atoms with E-state index >= 15 is 0 Å². The summed E-state index contributed by atoms with van der Waals surface area (Å²) in [6, 6.07) is 0. The number of carboxylic acids is 1. The van der Waals surface area contributed by atoms with Crippen LogP contribution >= 0.6 is 0 Å². The van der Waals surface area contributed by atoms with Gasteiger partial charge in [-0.15, -0.1) is 0 Å². The van der Waals surface area contributed by atoms with Crippen LogP contribution in [0, 0.1) is 0 Å². The van der Waals surface area contributed by atoms with Crippen molar-refractivity contribution in [2.45, 2.75) is 23.9 Å². The summed E-state index contributed by atoms with van der Waals surface area (Å²) in [6.45, 7) is 3.43. The molecule has 0 aliphatic heterocycles. The second kappa shape index (κ2) is 9.14. The molecule has 0 saturated carbocycles. The molecule has 0 aromatic rings. The normalized spacial score (nSPS) is 7.60. The quantitative estimate of drug-likeness (QED) is 0.469. The standard InChI is InChI=1S/C4H6O3.C2H5.Na/c1-3(5)2-4(6)7;1-2;/h2H2,1H3,(H,6,7);1H2,2H3;. The number of Topliss-reactive ketones (excluding diaryl/α,β-unsaturated/α-hetero) is 1. The van der Waals surface area contributed by atoms with E-state index in [1.54, 1.807) is 0 Å². The van der Waals surface area contributed by atoms with Crippen LogP contribution in [0.15, 0.2) is 0 Å². The number of rotatable bonds is 2. The summed E-state index contributed by atoms with van der Waals surface area (Å²) in [5.74, 6) is -1.37. The summed E-state index contributed by atoms with van der Waals surface area (Å²) in [4.78, 5) is 19.5. The summed E-state index contributed by atoms with van der Waals surface area (Å²) in [6.07, 6.45) is -0.361. The van der Waals surface area contributed by atoms with Crippen molar-refractivity contribution < 1.29 is 14.7 Å². The van der Waals surface area contributed by atoms with Gasteiger partial charge in [0.15, 0.2) is 0 Å². The van der Waals surface area contributed by atoms with E-state index in [1.165, 1.54) is 38.5 Å². The zero-order valence-corrected chi connectivity index (χ0v) is 8.68. The minimum atomic E-state index is -1.06. The fourth-order valence-electron chi connectivity index (χ4n) is 0.213. The SMILES string of the molecule is CC(=O)CC(=O)O.C[CH2][Na]. The molecular formula is C6H11NaO3. The molecule has 4 heteroatoms. The molecule has 0 fully saturated rings. The molecule has 0 heterocycles. The van der Waals surface area contributed by atoms with E-state index in [2.05, 4.69) is 6.92 Å². The van der Waals surface area contributed by atoms with Gasteiger partial charge in [0.05, 0.1) is 0 Å². The van der Waals surface area contributed by atoms with E-state index in [0.717, 1.165) is 0 Å². The van der Waals surface area contributed by atoms with Gasteiger partial charge in [-0.2, -0.15) is 0 Å². The fraction of sp³-hybridized carbons (Fsp3) is 0.667. The van der Waals surface area contributed by atoms with Crippen LogP contribution in [-0.2, 0) is 9.59 Å². The first-order chi connectivity index (χ1) is 4.54. The van der Waals surface area contributed by atoms with Crippen molar-refractivity contribution >= 4 is 39.7 Å². The Bertz CT molecular complexity index is 99.6. The van der Waals surface area contributed by atoms with Gasteiger partial charge in [-0.25, -0.2) is 0 Å². The molecule has 0 amide bonds. The first kappa shape index (κ1) is 12.8. The summed E-state index contributed by atoms with van der Waals surface area (Å²) >= 11 is 1.37. The summed E-state index contributed by atoms with van der Waals surface area (Å²) in [5.41, 5.74) is 0. The molecule has 0 aromatic heterocycles. The van der Waals surface area contributed by atoms with Crippen molar-refractivity contribution in [2.24, 2.45) is 0 Å². The average molecular weight is 154 g/mol. The molecule has 0 rings (SSSR count). The first-order valence-electron chi connectivity index (χ1n) is 3.25. The minimum absolute atomic E-state index is 0.312. The number of hydrogen-bond acceptors (Lipinski definition) is 2. The Hall–Kier alpha value is 0.140. The van der Waals surface area contributed by atoms with Gasteiger partial charge in [-0.1, -0.05) is 0 Å². The van der Waals surface area contributed by atoms with Crippen LogP contribution in [-0.4, -0.2) is 44.8 Å². The maximum absolute atomic E-state index is 9.87. The summed E-state index contributed by atoms with van der Waals surface area (Å²) in [7, 11) is 0. The molecule has 54 valence electrons. The summed E-state index contributed by atoms with van der Waals surface area (Å²) in [5, 5.41) is 7.86. The van der Waals surface area contributed by atoms with Gasteiger partial charge in [0.25, 0.3) is 0 Å². The van der Waals surface area contributed by atoms with Crippen LogP contribution in [0.2, 0.25) is 3.67 Å². The molecule has 0 aliphatic rings. The number of carbonyl (C=O) groups is 2. The van der Waals surface area contributed by atoms with Gasteiger partial charge in [0, 0.05) is 0 Å². The molecule has 0 atom stereocenters. The molecular weight excluding hydrogens is 143 g/mol. The third-order valence-electron chi connectivity index (χ3n) is 0.400. The van der Waals surface area contributed by atoms with Crippen LogP contribution in [0.4, 0.5) is 0 Å². The Labute approximate surface area is 78.2 Å². The fourth-order valence-corrected chi connectivity index (χ4v) is 0.213. The first-order valence-corrected chi connectivity index (χ1v) is 4.67. The Kier molecular flexibility index (Phi) is 11.7. The van der Waals surface area contributed by atoms with Crippen molar-refractivity contribution in [3.05, 3.63) is 0 Å². The molecule has 1 N–H and O–H groups in total. The van der Waals surface area contributed by atoms with Gasteiger partial charge in [0.1, 0.15) is 12.2 Å². The van der Waals surface area contributed by atoms with E-state index in [1.807, 2.05) is 0 Å². The van der Waals surface area contributed by atoms with E-state index in [4.69, 9.17) is 5.11 Å². The van der Waals surface area contributed by atoms with Gasteiger partial charge in [-0.05, 0) is 6.92 Å². The molecule has 10 heavy (non-hydrogen) atoms. The predicted molar refractivity (Wildman–Crippen MR) is 39.2 cm³/mol. The maximum atomic E-state index is 9.87. The van der Waals surface area contributed by atoms with E-state index in [9.17, 15) is 9.59 Å². The molecule has 0 aliphatic carbocycles. The molecule has 0 bridgehead atoms. The van der Waals surface area contributed by atoms with Crippen molar-refractivity contribution in [1.82, 2.24) is 0 Å². The van der Waals surface area contributed by atoms with Gasteiger partial charge in [0.2, 0.25) is 0 Å². The Morgan fingerprint density at radius 3 is 1.80 bits per heavy atom. The Morgan fingerprint density at radius 1 is 1.50 bits per heavy atom. The third-order valence-corrected chi connectivity index (χ3v) is 0.400. The number of hydrogen-bond donors (Lipinski definition) is 1. The third kappa shape index (κ3) is 24.2. The monoisotopic (exact) mass is 154 g/mol. The number of ketones is 1. The van der Waals surface area contributed by atoms with Crippen molar-refractivity contribution in [2.75, 3.05) is 0 Å². The molecule has 0 unspecified atom stereocenters. The van der Waals surface area contributed by atoms with E-state index in [-0.39, 0.29) is 12.2 Å². The number of carbonyl (C=O) groups excluding carboxylic acids is 1. The van der Waals surface area contributed by atoms with Crippen LogP contribution in [0.1, 0.15) is 20.3 Å². The summed E-state index contributed by atoms with van der Waals surface area (Å²) < 4.78 is 1.39. The molecule has 3 nitrogen and oxygen atoms in total. The second-order valence-electron chi connectivity index (χ2n) is 1.98. The molecule has 0 radical (unpaired) electrons. The van der Waals surface area contributed by atoms with E-state index in [0.29, 0.717) is 0 Å². The Morgan fingerprint density at radius 2 is 1.80 bits per heavy atom. The van der Waals surface area contributed by atoms with Crippen molar-refractivity contribution in [3.63, 3.8) is 0 Å². The topological polar surface area (TPSA) is 54.4 Å². The van der Waals surface area contributed by atoms with Gasteiger partial charge >= 0.3 is 44.5 Å². The number of aliphatic carboxylic acids is 1. The van der Waals surface area contributed by atoms with Crippen LogP contribution in [0.3, 0.4) is 0 Å². The van der Waals surface area contributed by atoms with Crippen LogP contribution in [0.25, 0.3) is 0 Å². The van der Waals surface area contributed by atoms with Gasteiger partial charge in [-0.3, -0.25) is 9.59 Å². The van der Waals surface area contributed by atoms with E-state index < -0.39 is 5.97 Å². The number of carboxylic acid groups (broad SMARTS) is 1. The molecule has 0 saturated heterocycles. The predicted octanol–water partition coefficient (Wildman–Crippen LogP) is 0.643. The van der Waals surface area contributed by atoms with Gasteiger partial charge < -0.3 is 5.11 Å². The van der Waals surface area contributed by atoms with Crippen molar-refractivity contribution in [1.29, 1.82) is 0 Å². The molecule has 0 aromatic carbocycles. The average Bonchev–Trinajstić information content (AvgIpc) is 1.62. The van der Waals surface area contributed by atoms with Crippen LogP contribution < -0.4 is 0 Å². The Balaban J connectivity index is 0. The molecule has 0 spiro atoms. The zero-order chi connectivity index (χ0) is 8.57.